The van der Waals surface area contributed by atoms with Crippen molar-refractivity contribution < 1.29 is 14.3 Å². The summed E-state index contributed by atoms with van der Waals surface area (Å²) in [4.78, 5) is 21.1. The average molecular weight is 227 g/mol. The van der Waals surface area contributed by atoms with Gasteiger partial charge in [0.15, 0.2) is 0 Å². The number of carbonyl (C=O) groups is 1. The van der Waals surface area contributed by atoms with E-state index in [2.05, 4.69) is 9.91 Å². The van der Waals surface area contributed by atoms with Crippen LogP contribution in [0.2, 0.25) is 0 Å². The first-order valence-corrected chi connectivity index (χ1v) is 5.42. The molecule has 0 bridgehead atoms. The Bertz CT molecular complexity index is 338. The van der Waals surface area contributed by atoms with E-state index in [-0.39, 0.29) is 11.6 Å². The van der Waals surface area contributed by atoms with Crippen LogP contribution in [0.25, 0.3) is 0 Å². The van der Waals surface area contributed by atoms with Gasteiger partial charge in [-0.05, 0) is 35.7 Å². The van der Waals surface area contributed by atoms with E-state index in [4.69, 9.17) is 4.74 Å². The maximum atomic E-state index is 11.0. The maximum absolute atomic E-state index is 11.0. The Morgan fingerprint density at radius 1 is 1.40 bits per heavy atom. The number of ether oxygens (including phenoxy) is 2. The molecule has 0 aromatic heterocycles. The van der Waals surface area contributed by atoms with E-state index in [0.29, 0.717) is 5.75 Å². The highest BCUT2D eigenvalue weighted by Gasteiger charge is 2.04. The second-order valence-electron chi connectivity index (χ2n) is 2.49. The zero-order valence-electron chi connectivity index (χ0n) is 8.00. The number of hydrogen-bond acceptors (Lipinski definition) is 6. The van der Waals surface area contributed by atoms with Gasteiger partial charge >= 0.3 is 6.16 Å². The van der Waals surface area contributed by atoms with Gasteiger partial charge in [-0.15, -0.1) is 16.7 Å². The molecule has 1 rings (SSSR count). The van der Waals surface area contributed by atoms with Crippen molar-refractivity contribution in [3.8, 4) is 5.75 Å². The van der Waals surface area contributed by atoms with Crippen LogP contribution in [0.1, 0.15) is 0 Å². The number of benzene rings is 1. The Kier molecular flexibility index (Phi) is 4.62. The van der Waals surface area contributed by atoms with Crippen molar-refractivity contribution in [3.63, 3.8) is 0 Å². The van der Waals surface area contributed by atoms with Gasteiger partial charge in [0.1, 0.15) is 17.4 Å². The maximum Gasteiger partial charge on any atom is 0.514 e. The molecule has 0 aliphatic heterocycles. The zero-order valence-corrected chi connectivity index (χ0v) is 8.82. The Labute approximate surface area is 90.7 Å². The largest absolute Gasteiger partial charge is 0.514 e. The smallest absolute Gasteiger partial charge is 0.423 e. The van der Waals surface area contributed by atoms with E-state index in [9.17, 15) is 9.70 Å². The third-order valence-electron chi connectivity index (χ3n) is 1.44. The van der Waals surface area contributed by atoms with Gasteiger partial charge < -0.3 is 9.47 Å². The molecule has 1 aromatic rings. The summed E-state index contributed by atoms with van der Waals surface area (Å²) in [6, 6.07) is 5.84. The molecule has 0 unspecified atom stereocenters. The van der Waals surface area contributed by atoms with Crippen molar-refractivity contribution in [2.75, 3.05) is 12.2 Å². The second-order valence-corrected chi connectivity index (χ2v) is 3.30. The van der Waals surface area contributed by atoms with E-state index in [1.54, 1.807) is 6.26 Å². The molecule has 0 N–H and O–H groups in total. The summed E-state index contributed by atoms with van der Waals surface area (Å²) in [6.45, 7) is 0. The second kappa shape index (κ2) is 6.02. The van der Waals surface area contributed by atoms with E-state index in [0.717, 1.165) is 0 Å². The number of nitrogens with zero attached hydrogens (tertiary/aromatic N) is 1. The summed E-state index contributed by atoms with van der Waals surface area (Å²) in [5.74, 6) is 0.556. The molecule has 15 heavy (non-hydrogen) atoms. The van der Waals surface area contributed by atoms with Crippen LogP contribution in [-0.2, 0) is 4.74 Å². The normalized spacial score (nSPS) is 9.40. The number of hydrogen-bond donors (Lipinski definition) is 0. The summed E-state index contributed by atoms with van der Waals surface area (Å²) >= 11 is 1.37. The first-order valence-electron chi connectivity index (χ1n) is 4.03. The molecule has 80 valence electrons. The lowest BCUT2D eigenvalue weighted by Gasteiger charge is -2.03. The number of thioether (sulfide) groups is 1. The van der Waals surface area contributed by atoms with E-state index >= 15 is 0 Å². The first-order chi connectivity index (χ1) is 7.26. The third-order valence-corrected chi connectivity index (χ3v) is 1.79. The van der Waals surface area contributed by atoms with Gasteiger partial charge in [-0.25, -0.2) is 4.79 Å². The highest BCUT2D eigenvalue weighted by molar-refractivity contribution is 7.98. The standard InChI is InChI=1S/C9H9NO4S/c1-15-6-13-9(11)14-8-4-2-7(10-12)3-5-8/h2-5H,6H2,1H3. The molecule has 0 atom stereocenters. The average Bonchev–Trinajstić information content (AvgIpc) is 2.27. The fourth-order valence-electron chi connectivity index (χ4n) is 0.808. The van der Waals surface area contributed by atoms with Crippen LogP contribution in [0.5, 0.6) is 5.75 Å². The SMILES string of the molecule is CSCOC(=O)Oc1ccc(N=O)cc1. The number of rotatable bonds is 4. The van der Waals surface area contributed by atoms with Crippen molar-refractivity contribution in [2.24, 2.45) is 5.18 Å². The van der Waals surface area contributed by atoms with Crippen LogP contribution in [0.3, 0.4) is 0 Å². The number of carbonyl (C=O) groups excluding carboxylic acids is 1. The minimum atomic E-state index is -0.767. The fourth-order valence-corrected chi connectivity index (χ4v) is 1.02. The molecule has 0 aliphatic rings. The van der Waals surface area contributed by atoms with Crippen molar-refractivity contribution in [1.82, 2.24) is 0 Å². The van der Waals surface area contributed by atoms with Gasteiger partial charge in [0.2, 0.25) is 0 Å². The van der Waals surface area contributed by atoms with Gasteiger partial charge in [-0.2, -0.15) is 0 Å². The minimum absolute atomic E-state index is 0.243. The van der Waals surface area contributed by atoms with Crippen molar-refractivity contribution in [1.29, 1.82) is 0 Å². The zero-order chi connectivity index (χ0) is 11.1. The van der Waals surface area contributed by atoms with Crippen LogP contribution in [0.15, 0.2) is 29.4 Å². The molecule has 0 saturated heterocycles. The molecular formula is C9H9NO4S. The molecule has 1 aromatic carbocycles. The predicted molar refractivity (Wildman–Crippen MR) is 57.4 cm³/mol. The summed E-state index contributed by atoms with van der Waals surface area (Å²) < 4.78 is 9.47. The summed E-state index contributed by atoms with van der Waals surface area (Å²) in [5.41, 5.74) is 0.278. The van der Waals surface area contributed by atoms with E-state index < -0.39 is 6.16 Å². The molecular weight excluding hydrogens is 218 g/mol. The quantitative estimate of drug-likeness (QED) is 0.342. The Balaban J connectivity index is 2.49. The van der Waals surface area contributed by atoms with Crippen LogP contribution in [0.4, 0.5) is 10.5 Å². The molecule has 0 saturated carbocycles. The van der Waals surface area contributed by atoms with Gasteiger partial charge in [0.05, 0.1) is 0 Å². The molecule has 0 heterocycles. The number of nitroso groups, excluding NO2 is 1. The Morgan fingerprint density at radius 2 is 2.07 bits per heavy atom. The first kappa shape index (κ1) is 11.5. The van der Waals surface area contributed by atoms with E-state index in [1.807, 2.05) is 0 Å². The van der Waals surface area contributed by atoms with Crippen molar-refractivity contribution in [2.45, 2.75) is 0 Å². The minimum Gasteiger partial charge on any atom is -0.423 e. The Hall–Kier alpha value is -1.56. The lowest BCUT2D eigenvalue weighted by molar-refractivity contribution is 0.116. The highest BCUT2D eigenvalue weighted by atomic mass is 32.2. The highest BCUT2D eigenvalue weighted by Crippen LogP contribution is 2.17. The molecule has 0 aliphatic carbocycles. The van der Waals surface area contributed by atoms with Crippen molar-refractivity contribution >= 4 is 23.6 Å². The van der Waals surface area contributed by atoms with E-state index in [1.165, 1.54) is 36.0 Å². The molecule has 0 spiro atoms. The molecule has 6 heteroatoms. The molecule has 0 fully saturated rings. The lowest BCUT2D eigenvalue weighted by Crippen LogP contribution is -2.09. The van der Waals surface area contributed by atoms with Crippen LogP contribution < -0.4 is 4.74 Å². The summed E-state index contributed by atoms with van der Waals surface area (Å²) in [7, 11) is 0. The topological polar surface area (TPSA) is 65.0 Å². The molecule has 0 amide bonds. The van der Waals surface area contributed by atoms with Crippen LogP contribution >= 0.6 is 11.8 Å². The Morgan fingerprint density at radius 3 is 2.60 bits per heavy atom. The monoisotopic (exact) mass is 227 g/mol. The molecule has 5 nitrogen and oxygen atoms in total. The van der Waals surface area contributed by atoms with Gasteiger partial charge in [-0.1, -0.05) is 0 Å². The summed E-state index contributed by atoms with van der Waals surface area (Å²) in [5, 5.41) is 2.72. The third kappa shape index (κ3) is 3.99. The summed E-state index contributed by atoms with van der Waals surface area (Å²) in [6.07, 6.45) is 1.04. The van der Waals surface area contributed by atoms with Gasteiger partial charge in [-0.3, -0.25) is 0 Å². The van der Waals surface area contributed by atoms with Crippen LogP contribution in [-0.4, -0.2) is 18.4 Å². The van der Waals surface area contributed by atoms with Crippen molar-refractivity contribution in [3.05, 3.63) is 29.2 Å². The predicted octanol–water partition coefficient (Wildman–Crippen LogP) is 2.92. The lowest BCUT2D eigenvalue weighted by atomic mass is 10.3. The van der Waals surface area contributed by atoms with Gasteiger partial charge in [0.25, 0.3) is 0 Å². The van der Waals surface area contributed by atoms with Crippen LogP contribution in [0, 0.1) is 4.91 Å². The molecule has 0 radical (unpaired) electrons. The fraction of sp³-hybridized carbons (Fsp3) is 0.222. The van der Waals surface area contributed by atoms with Gasteiger partial charge in [0, 0.05) is 0 Å².